The van der Waals surface area contributed by atoms with Crippen LogP contribution in [0, 0.1) is 11.8 Å². The Labute approximate surface area is 128 Å². The lowest BCUT2D eigenvalue weighted by atomic mass is 9.97. The van der Waals surface area contributed by atoms with E-state index in [0.717, 1.165) is 0 Å². The van der Waals surface area contributed by atoms with Crippen LogP contribution in [-0.2, 0) is 14.3 Å². The Balaban J connectivity index is 5.19. The third-order valence-electron chi connectivity index (χ3n) is 3.50. The first-order valence-corrected chi connectivity index (χ1v) is 7.51. The normalized spacial score (nSPS) is 15.0. The standard InChI is InChI=1S/C16H30N2O3/c1-8-21-16(20)12(6)9-13(10(2)3)18(7)15(19)14(17)11(4)5/h9-11,13-14H,8,17H2,1-7H3/b12-9+/t13?,14-/m0/s1. The maximum atomic E-state index is 12.4. The van der Waals surface area contributed by atoms with Gasteiger partial charge in [0, 0.05) is 12.6 Å². The molecule has 0 saturated heterocycles. The number of ether oxygens (including phenoxy) is 1. The largest absolute Gasteiger partial charge is 0.463 e. The highest BCUT2D eigenvalue weighted by Crippen LogP contribution is 2.16. The van der Waals surface area contributed by atoms with E-state index in [9.17, 15) is 9.59 Å². The Bertz CT molecular complexity index is 389. The fourth-order valence-electron chi connectivity index (χ4n) is 1.99. The van der Waals surface area contributed by atoms with E-state index in [2.05, 4.69) is 0 Å². The summed E-state index contributed by atoms with van der Waals surface area (Å²) in [5.41, 5.74) is 6.44. The van der Waals surface area contributed by atoms with Crippen molar-refractivity contribution in [2.45, 2.75) is 53.6 Å². The lowest BCUT2D eigenvalue weighted by molar-refractivity contribution is -0.139. The molecular formula is C16H30N2O3. The van der Waals surface area contributed by atoms with Gasteiger partial charge in [-0.2, -0.15) is 0 Å². The minimum absolute atomic E-state index is 0.0721. The van der Waals surface area contributed by atoms with Gasteiger partial charge in [-0.1, -0.05) is 33.8 Å². The van der Waals surface area contributed by atoms with Crippen LogP contribution < -0.4 is 5.73 Å². The maximum absolute atomic E-state index is 12.4. The number of rotatable bonds is 7. The summed E-state index contributed by atoms with van der Waals surface area (Å²) >= 11 is 0. The molecule has 2 atom stereocenters. The molecule has 0 aliphatic rings. The van der Waals surface area contributed by atoms with Gasteiger partial charge < -0.3 is 15.4 Å². The Hall–Kier alpha value is -1.36. The molecule has 0 aliphatic heterocycles. The SMILES string of the molecule is CCOC(=O)/C(C)=C/C(C(C)C)N(C)C(=O)[C@@H](N)C(C)C. The number of hydrogen-bond acceptors (Lipinski definition) is 4. The van der Waals surface area contributed by atoms with Gasteiger partial charge in [0.1, 0.15) is 0 Å². The first-order chi connectivity index (χ1) is 9.63. The van der Waals surface area contributed by atoms with Gasteiger partial charge in [-0.05, 0) is 25.7 Å². The summed E-state index contributed by atoms with van der Waals surface area (Å²) < 4.78 is 4.97. The first-order valence-electron chi connectivity index (χ1n) is 7.51. The molecule has 21 heavy (non-hydrogen) atoms. The number of esters is 1. The molecule has 0 radical (unpaired) electrons. The van der Waals surface area contributed by atoms with Crippen LogP contribution in [0.1, 0.15) is 41.5 Å². The number of hydrogen-bond donors (Lipinski definition) is 1. The molecule has 0 fully saturated rings. The first kappa shape index (κ1) is 19.6. The minimum atomic E-state index is -0.535. The van der Waals surface area contributed by atoms with Crippen LogP contribution in [-0.4, -0.2) is 42.5 Å². The Kier molecular flexibility index (Phi) is 8.25. The van der Waals surface area contributed by atoms with Crippen molar-refractivity contribution in [3.05, 3.63) is 11.6 Å². The number of carbonyl (C=O) groups is 2. The molecule has 0 aromatic heterocycles. The van der Waals surface area contributed by atoms with Crippen LogP contribution in [0.15, 0.2) is 11.6 Å². The highest BCUT2D eigenvalue weighted by Gasteiger charge is 2.27. The predicted octanol–water partition coefficient (Wildman–Crippen LogP) is 1.96. The van der Waals surface area contributed by atoms with Crippen LogP contribution in [0.3, 0.4) is 0 Å². The van der Waals surface area contributed by atoms with E-state index in [1.165, 1.54) is 0 Å². The summed E-state index contributed by atoms with van der Waals surface area (Å²) in [4.78, 5) is 25.7. The molecule has 122 valence electrons. The number of nitrogens with zero attached hydrogens (tertiary/aromatic N) is 1. The third-order valence-corrected chi connectivity index (χ3v) is 3.50. The zero-order chi connectivity index (χ0) is 16.7. The smallest absolute Gasteiger partial charge is 0.333 e. The van der Waals surface area contributed by atoms with Gasteiger partial charge in [0.2, 0.25) is 5.91 Å². The average Bonchev–Trinajstić information content (AvgIpc) is 2.41. The zero-order valence-electron chi connectivity index (χ0n) is 14.3. The number of carbonyl (C=O) groups excluding carboxylic acids is 2. The quantitative estimate of drug-likeness (QED) is 0.576. The van der Waals surface area contributed by atoms with Gasteiger partial charge in [-0.15, -0.1) is 0 Å². The Morgan fingerprint density at radius 1 is 1.19 bits per heavy atom. The van der Waals surface area contributed by atoms with E-state index in [1.54, 1.807) is 31.9 Å². The predicted molar refractivity (Wildman–Crippen MR) is 84.6 cm³/mol. The van der Waals surface area contributed by atoms with Gasteiger partial charge in [0.25, 0.3) is 0 Å². The maximum Gasteiger partial charge on any atom is 0.333 e. The van der Waals surface area contributed by atoms with Crippen molar-refractivity contribution < 1.29 is 14.3 Å². The molecule has 0 aromatic carbocycles. The fourth-order valence-corrected chi connectivity index (χ4v) is 1.99. The molecule has 0 aromatic rings. The summed E-state index contributed by atoms with van der Waals surface area (Å²) in [5.74, 6) is -0.223. The van der Waals surface area contributed by atoms with E-state index < -0.39 is 6.04 Å². The fraction of sp³-hybridized carbons (Fsp3) is 0.750. The second kappa shape index (κ2) is 8.82. The number of nitrogens with two attached hydrogens (primary N) is 1. The Morgan fingerprint density at radius 2 is 1.71 bits per heavy atom. The second-order valence-corrected chi connectivity index (χ2v) is 6.02. The minimum Gasteiger partial charge on any atom is -0.463 e. The van der Waals surface area contributed by atoms with Gasteiger partial charge in [0.15, 0.2) is 0 Å². The summed E-state index contributed by atoms with van der Waals surface area (Å²) in [6, 6.07) is -0.723. The molecule has 5 nitrogen and oxygen atoms in total. The van der Waals surface area contributed by atoms with Crippen LogP contribution in [0.5, 0.6) is 0 Å². The molecule has 0 heterocycles. The lowest BCUT2D eigenvalue weighted by Crippen LogP contribution is -2.49. The molecule has 0 spiro atoms. The van der Waals surface area contributed by atoms with Crippen LogP contribution >= 0.6 is 0 Å². The van der Waals surface area contributed by atoms with E-state index in [-0.39, 0.29) is 29.8 Å². The summed E-state index contributed by atoms with van der Waals surface area (Å²) in [7, 11) is 1.73. The molecule has 0 saturated carbocycles. The highest BCUT2D eigenvalue weighted by atomic mass is 16.5. The van der Waals surface area contributed by atoms with Gasteiger partial charge >= 0.3 is 5.97 Å². The molecule has 0 rings (SSSR count). The summed E-state index contributed by atoms with van der Waals surface area (Å²) in [6.45, 7) is 11.6. The highest BCUT2D eigenvalue weighted by molar-refractivity contribution is 5.88. The molecule has 0 aliphatic carbocycles. The van der Waals surface area contributed by atoms with Crippen LogP contribution in [0.2, 0.25) is 0 Å². The molecule has 1 unspecified atom stereocenters. The van der Waals surface area contributed by atoms with E-state index in [0.29, 0.717) is 12.2 Å². The third kappa shape index (κ3) is 5.87. The van der Waals surface area contributed by atoms with Crippen molar-refractivity contribution in [2.75, 3.05) is 13.7 Å². The molecule has 0 bridgehead atoms. The van der Waals surface area contributed by atoms with Crippen molar-refractivity contribution >= 4 is 11.9 Å². The van der Waals surface area contributed by atoms with Crippen LogP contribution in [0.25, 0.3) is 0 Å². The zero-order valence-corrected chi connectivity index (χ0v) is 14.3. The van der Waals surface area contributed by atoms with Crippen LogP contribution in [0.4, 0.5) is 0 Å². The van der Waals surface area contributed by atoms with Gasteiger partial charge in [-0.25, -0.2) is 4.79 Å². The van der Waals surface area contributed by atoms with E-state index >= 15 is 0 Å². The van der Waals surface area contributed by atoms with E-state index in [1.807, 2.05) is 27.7 Å². The molecule has 5 heteroatoms. The lowest BCUT2D eigenvalue weighted by Gasteiger charge is -2.32. The molecular weight excluding hydrogens is 268 g/mol. The van der Waals surface area contributed by atoms with Crippen molar-refractivity contribution in [3.8, 4) is 0 Å². The van der Waals surface area contributed by atoms with Crippen molar-refractivity contribution in [1.82, 2.24) is 4.90 Å². The summed E-state index contributed by atoms with van der Waals surface area (Å²) in [6.07, 6.45) is 1.79. The monoisotopic (exact) mass is 298 g/mol. The number of amides is 1. The summed E-state index contributed by atoms with van der Waals surface area (Å²) in [5, 5.41) is 0. The van der Waals surface area contributed by atoms with Crippen molar-refractivity contribution in [2.24, 2.45) is 17.6 Å². The van der Waals surface area contributed by atoms with Crippen molar-refractivity contribution in [3.63, 3.8) is 0 Å². The average molecular weight is 298 g/mol. The molecule has 2 N–H and O–H groups in total. The van der Waals surface area contributed by atoms with Gasteiger partial charge in [0.05, 0.1) is 18.7 Å². The van der Waals surface area contributed by atoms with Gasteiger partial charge in [-0.3, -0.25) is 4.79 Å². The number of likely N-dealkylation sites (N-methyl/N-ethyl adjacent to an activating group) is 1. The Morgan fingerprint density at radius 3 is 2.10 bits per heavy atom. The molecule has 1 amide bonds. The van der Waals surface area contributed by atoms with E-state index in [4.69, 9.17) is 10.5 Å². The topological polar surface area (TPSA) is 72.6 Å². The second-order valence-electron chi connectivity index (χ2n) is 6.02. The van der Waals surface area contributed by atoms with Crippen molar-refractivity contribution in [1.29, 1.82) is 0 Å².